The smallest absolute Gasteiger partial charge is 0.125 e. The van der Waals surface area contributed by atoms with Crippen LogP contribution in [0.5, 0.6) is 5.75 Å². The highest BCUT2D eigenvalue weighted by molar-refractivity contribution is 6.31. The third-order valence-corrected chi connectivity index (χ3v) is 3.43. The normalized spacial score (nSPS) is 10.8. The van der Waals surface area contributed by atoms with Crippen molar-refractivity contribution in [2.75, 3.05) is 6.61 Å². The van der Waals surface area contributed by atoms with Gasteiger partial charge in [0.2, 0.25) is 0 Å². The summed E-state index contributed by atoms with van der Waals surface area (Å²) in [5, 5.41) is 4.15. The van der Waals surface area contributed by atoms with Crippen molar-refractivity contribution in [3.05, 3.63) is 41.4 Å². The predicted octanol–water partition coefficient (Wildman–Crippen LogP) is 4.96. The Morgan fingerprint density at radius 2 is 2.10 bits per heavy atom. The fourth-order valence-electron chi connectivity index (χ4n) is 1.90. The molecule has 20 heavy (non-hydrogen) atoms. The summed E-state index contributed by atoms with van der Waals surface area (Å²) in [6, 6.07) is 6.27. The summed E-state index contributed by atoms with van der Waals surface area (Å²) in [5.74, 6) is 0.898. The molecule has 0 atom stereocenters. The molecule has 1 aromatic rings. The number of allylic oxidation sites excluding steroid dienone is 1. The maximum Gasteiger partial charge on any atom is 0.125 e. The van der Waals surface area contributed by atoms with Gasteiger partial charge in [-0.05, 0) is 37.8 Å². The third kappa shape index (κ3) is 6.44. The average Bonchev–Trinajstić information content (AvgIpc) is 2.41. The molecule has 1 rings (SSSR count). The molecule has 0 radical (unpaired) electrons. The molecule has 0 unspecified atom stereocenters. The molecular formula is C17H26ClNO. The van der Waals surface area contributed by atoms with Gasteiger partial charge in [-0.2, -0.15) is 0 Å². The average molecular weight is 296 g/mol. The highest BCUT2D eigenvalue weighted by Gasteiger charge is 2.08. The first-order chi connectivity index (χ1) is 9.65. The predicted molar refractivity (Wildman–Crippen MR) is 87.6 cm³/mol. The van der Waals surface area contributed by atoms with Crippen molar-refractivity contribution in [1.29, 1.82) is 0 Å². The van der Waals surface area contributed by atoms with Gasteiger partial charge in [0.15, 0.2) is 0 Å². The Morgan fingerprint density at radius 1 is 1.30 bits per heavy atom. The quantitative estimate of drug-likeness (QED) is 0.486. The highest BCUT2D eigenvalue weighted by atomic mass is 35.5. The number of rotatable bonds is 10. The van der Waals surface area contributed by atoms with E-state index in [0.717, 1.165) is 42.3 Å². The zero-order valence-electron chi connectivity index (χ0n) is 12.6. The molecular weight excluding hydrogens is 270 g/mol. The molecule has 0 aliphatic rings. The summed E-state index contributed by atoms with van der Waals surface area (Å²) < 4.78 is 5.88. The van der Waals surface area contributed by atoms with Crippen LogP contribution in [0.2, 0.25) is 5.02 Å². The van der Waals surface area contributed by atoms with E-state index in [1.807, 2.05) is 24.3 Å². The molecule has 2 nitrogen and oxygen atoms in total. The lowest BCUT2D eigenvalue weighted by Gasteiger charge is -2.15. The summed E-state index contributed by atoms with van der Waals surface area (Å²) in [4.78, 5) is 0. The molecule has 1 N–H and O–H groups in total. The maximum absolute atomic E-state index is 6.26. The molecule has 0 aliphatic heterocycles. The van der Waals surface area contributed by atoms with Gasteiger partial charge in [-0.1, -0.05) is 37.6 Å². The SMILES string of the molecule is C=CCCCCCOc1cccc(Cl)c1CNC(C)C. The molecule has 112 valence electrons. The van der Waals surface area contributed by atoms with Crippen molar-refractivity contribution in [3.8, 4) is 5.75 Å². The Kier molecular flexibility index (Phi) is 8.40. The monoisotopic (exact) mass is 295 g/mol. The van der Waals surface area contributed by atoms with Crippen LogP contribution in [0.3, 0.4) is 0 Å². The molecule has 0 aliphatic carbocycles. The Labute approximate surface area is 128 Å². The molecule has 0 bridgehead atoms. The molecule has 0 spiro atoms. The van der Waals surface area contributed by atoms with Gasteiger partial charge in [-0.15, -0.1) is 6.58 Å². The lowest BCUT2D eigenvalue weighted by molar-refractivity contribution is 0.301. The van der Waals surface area contributed by atoms with Crippen LogP contribution in [-0.4, -0.2) is 12.6 Å². The maximum atomic E-state index is 6.26. The number of unbranched alkanes of at least 4 members (excludes halogenated alkanes) is 3. The Morgan fingerprint density at radius 3 is 2.80 bits per heavy atom. The minimum Gasteiger partial charge on any atom is -0.493 e. The fraction of sp³-hybridized carbons (Fsp3) is 0.529. The van der Waals surface area contributed by atoms with E-state index in [4.69, 9.17) is 16.3 Å². The van der Waals surface area contributed by atoms with Crippen LogP contribution >= 0.6 is 11.6 Å². The van der Waals surface area contributed by atoms with Crippen molar-refractivity contribution < 1.29 is 4.74 Å². The van der Waals surface area contributed by atoms with Gasteiger partial charge in [0.05, 0.1) is 6.61 Å². The van der Waals surface area contributed by atoms with Crippen molar-refractivity contribution in [2.24, 2.45) is 0 Å². The zero-order valence-corrected chi connectivity index (χ0v) is 13.4. The number of nitrogens with one attached hydrogen (secondary N) is 1. The van der Waals surface area contributed by atoms with Crippen molar-refractivity contribution in [3.63, 3.8) is 0 Å². The van der Waals surface area contributed by atoms with E-state index in [1.54, 1.807) is 0 Å². The van der Waals surface area contributed by atoms with Crippen LogP contribution in [0.4, 0.5) is 0 Å². The summed E-state index contributed by atoms with van der Waals surface area (Å²) >= 11 is 6.26. The van der Waals surface area contributed by atoms with Gasteiger partial charge in [-0.25, -0.2) is 0 Å². The van der Waals surface area contributed by atoms with Crippen LogP contribution < -0.4 is 10.1 Å². The van der Waals surface area contributed by atoms with Crippen molar-refractivity contribution >= 4 is 11.6 Å². The Hall–Kier alpha value is -0.990. The van der Waals surface area contributed by atoms with E-state index < -0.39 is 0 Å². The van der Waals surface area contributed by atoms with Gasteiger partial charge in [0.1, 0.15) is 5.75 Å². The minimum absolute atomic E-state index is 0.429. The molecule has 0 saturated heterocycles. The van der Waals surface area contributed by atoms with Gasteiger partial charge >= 0.3 is 0 Å². The molecule has 0 saturated carbocycles. The lowest BCUT2D eigenvalue weighted by Crippen LogP contribution is -2.22. The van der Waals surface area contributed by atoms with E-state index in [9.17, 15) is 0 Å². The van der Waals surface area contributed by atoms with E-state index in [0.29, 0.717) is 6.04 Å². The number of benzene rings is 1. The van der Waals surface area contributed by atoms with E-state index >= 15 is 0 Å². The number of hydrogen-bond acceptors (Lipinski definition) is 2. The van der Waals surface area contributed by atoms with E-state index in [-0.39, 0.29) is 0 Å². The van der Waals surface area contributed by atoms with Gasteiger partial charge in [0.25, 0.3) is 0 Å². The first-order valence-corrected chi connectivity index (χ1v) is 7.77. The first-order valence-electron chi connectivity index (χ1n) is 7.39. The molecule has 3 heteroatoms. The molecule has 1 aromatic carbocycles. The third-order valence-electron chi connectivity index (χ3n) is 3.07. The Balaban J connectivity index is 2.47. The second-order valence-electron chi connectivity index (χ2n) is 5.24. The molecule has 0 fully saturated rings. The zero-order chi connectivity index (χ0) is 14.8. The standard InChI is InChI=1S/C17H26ClNO/c1-4-5-6-7-8-12-20-17-11-9-10-16(18)15(17)13-19-14(2)3/h4,9-11,14,19H,1,5-8,12-13H2,2-3H3. The second kappa shape index (κ2) is 9.84. The summed E-state index contributed by atoms with van der Waals surface area (Å²) in [6.07, 6.45) is 6.47. The van der Waals surface area contributed by atoms with Crippen molar-refractivity contribution in [1.82, 2.24) is 5.32 Å². The van der Waals surface area contributed by atoms with E-state index in [1.165, 1.54) is 12.8 Å². The summed E-state index contributed by atoms with van der Waals surface area (Å²) in [7, 11) is 0. The topological polar surface area (TPSA) is 21.3 Å². The Bertz CT molecular complexity index is 404. The van der Waals surface area contributed by atoms with E-state index in [2.05, 4.69) is 25.7 Å². The highest BCUT2D eigenvalue weighted by Crippen LogP contribution is 2.26. The van der Waals surface area contributed by atoms with Crippen LogP contribution in [0.1, 0.15) is 45.1 Å². The van der Waals surface area contributed by atoms with Crippen LogP contribution in [0.15, 0.2) is 30.9 Å². The van der Waals surface area contributed by atoms with Crippen LogP contribution in [0, 0.1) is 0 Å². The molecule has 0 amide bonds. The second-order valence-corrected chi connectivity index (χ2v) is 5.65. The first kappa shape index (κ1) is 17.1. The van der Waals surface area contributed by atoms with Crippen molar-refractivity contribution in [2.45, 2.75) is 52.1 Å². The molecule has 0 aromatic heterocycles. The minimum atomic E-state index is 0.429. The summed E-state index contributed by atoms with van der Waals surface area (Å²) in [5.41, 5.74) is 1.05. The molecule has 0 heterocycles. The fourth-order valence-corrected chi connectivity index (χ4v) is 2.13. The van der Waals surface area contributed by atoms with Gasteiger partial charge in [-0.3, -0.25) is 0 Å². The van der Waals surface area contributed by atoms with Crippen LogP contribution in [0.25, 0.3) is 0 Å². The van der Waals surface area contributed by atoms with Gasteiger partial charge < -0.3 is 10.1 Å². The summed E-state index contributed by atoms with van der Waals surface area (Å²) in [6.45, 7) is 9.45. The lowest BCUT2D eigenvalue weighted by atomic mass is 10.2. The number of halogens is 1. The van der Waals surface area contributed by atoms with Crippen LogP contribution in [-0.2, 0) is 6.54 Å². The number of ether oxygens (including phenoxy) is 1. The number of hydrogen-bond donors (Lipinski definition) is 1. The van der Waals surface area contributed by atoms with Gasteiger partial charge in [0, 0.05) is 23.2 Å². The largest absolute Gasteiger partial charge is 0.493 e.